The molecular weight excluding hydrogens is 333 g/mol. The lowest BCUT2D eigenvalue weighted by Crippen LogP contribution is -2.06. The van der Waals surface area contributed by atoms with Crippen LogP contribution in [0.15, 0.2) is 35.1 Å². The second-order valence-corrected chi connectivity index (χ2v) is 4.51. The average Bonchev–Trinajstić information content (AvgIpc) is 2.78. The van der Waals surface area contributed by atoms with Crippen LogP contribution >= 0.6 is 22.6 Å². The first kappa shape index (κ1) is 12.1. The largest absolute Gasteiger partial charge is 0.461 e. The highest BCUT2D eigenvalue weighted by Crippen LogP contribution is 2.25. The van der Waals surface area contributed by atoms with Crippen LogP contribution < -0.4 is 0 Å². The second kappa shape index (κ2) is 5.31. The van der Waals surface area contributed by atoms with Crippen molar-refractivity contribution in [2.24, 2.45) is 0 Å². The molecule has 0 unspecified atom stereocenters. The molecule has 1 heterocycles. The van der Waals surface area contributed by atoms with E-state index in [1.165, 1.54) is 6.39 Å². The van der Waals surface area contributed by atoms with Crippen molar-refractivity contribution < 1.29 is 13.9 Å². The van der Waals surface area contributed by atoms with Crippen molar-refractivity contribution in [2.75, 3.05) is 6.61 Å². The van der Waals surface area contributed by atoms with Gasteiger partial charge in [-0.2, -0.15) is 0 Å². The van der Waals surface area contributed by atoms with E-state index < -0.39 is 5.97 Å². The van der Waals surface area contributed by atoms with Gasteiger partial charge < -0.3 is 9.15 Å². The Balaban J connectivity index is 2.40. The molecule has 0 saturated carbocycles. The minimum absolute atomic E-state index is 0.217. The molecule has 1 aromatic carbocycles. The van der Waals surface area contributed by atoms with Crippen LogP contribution in [0.1, 0.15) is 17.4 Å². The summed E-state index contributed by atoms with van der Waals surface area (Å²) in [5.74, 6) is -0.0166. The van der Waals surface area contributed by atoms with Crippen LogP contribution in [0.4, 0.5) is 0 Å². The van der Waals surface area contributed by atoms with Gasteiger partial charge in [0.25, 0.3) is 0 Å². The zero-order valence-corrected chi connectivity index (χ0v) is 11.3. The smallest absolute Gasteiger partial charge is 0.360 e. The van der Waals surface area contributed by atoms with Gasteiger partial charge in [-0.05, 0) is 41.6 Å². The molecule has 88 valence electrons. The molecule has 4 nitrogen and oxygen atoms in total. The fourth-order valence-electron chi connectivity index (χ4n) is 1.43. The van der Waals surface area contributed by atoms with Gasteiger partial charge in [-0.15, -0.1) is 0 Å². The molecular formula is C12H10INO3. The minimum atomic E-state index is -0.463. The Kier molecular flexibility index (Phi) is 3.78. The number of halogens is 1. The maximum absolute atomic E-state index is 11.6. The first-order chi connectivity index (χ1) is 8.22. The number of oxazole rings is 1. The molecule has 0 bridgehead atoms. The molecule has 17 heavy (non-hydrogen) atoms. The van der Waals surface area contributed by atoms with Crippen LogP contribution in [0.2, 0.25) is 0 Å². The number of carbonyl (C=O) groups excluding carboxylic acids is 1. The van der Waals surface area contributed by atoms with Crippen molar-refractivity contribution >= 4 is 28.6 Å². The summed E-state index contributed by atoms with van der Waals surface area (Å²) in [6, 6.07) is 7.65. The first-order valence-electron chi connectivity index (χ1n) is 5.09. The average molecular weight is 343 g/mol. The summed E-state index contributed by atoms with van der Waals surface area (Å²) in [7, 11) is 0. The molecule has 0 fully saturated rings. The van der Waals surface area contributed by atoms with Crippen molar-refractivity contribution in [2.45, 2.75) is 6.92 Å². The van der Waals surface area contributed by atoms with Crippen LogP contribution in [0.25, 0.3) is 11.3 Å². The number of ether oxygens (including phenoxy) is 1. The summed E-state index contributed by atoms with van der Waals surface area (Å²) in [6.45, 7) is 2.07. The third-order valence-electron chi connectivity index (χ3n) is 2.12. The predicted molar refractivity (Wildman–Crippen MR) is 70.6 cm³/mol. The fraction of sp³-hybridized carbons (Fsp3) is 0.167. The Morgan fingerprint density at radius 1 is 1.53 bits per heavy atom. The SMILES string of the molecule is CCOC(=O)c1ncoc1-c1cccc(I)c1. The molecule has 0 aliphatic rings. The lowest BCUT2D eigenvalue weighted by atomic mass is 10.1. The second-order valence-electron chi connectivity index (χ2n) is 3.26. The molecule has 0 N–H and O–H groups in total. The van der Waals surface area contributed by atoms with E-state index in [9.17, 15) is 4.79 Å². The van der Waals surface area contributed by atoms with Crippen LogP contribution in [-0.4, -0.2) is 17.6 Å². The van der Waals surface area contributed by atoms with Gasteiger partial charge in [0, 0.05) is 9.13 Å². The summed E-state index contributed by atoms with van der Waals surface area (Å²) in [5.41, 5.74) is 1.03. The topological polar surface area (TPSA) is 52.3 Å². The van der Waals surface area contributed by atoms with E-state index in [0.717, 1.165) is 9.13 Å². The highest BCUT2D eigenvalue weighted by Gasteiger charge is 2.19. The van der Waals surface area contributed by atoms with Crippen LogP contribution in [0.5, 0.6) is 0 Å². The van der Waals surface area contributed by atoms with Gasteiger partial charge in [-0.25, -0.2) is 9.78 Å². The van der Waals surface area contributed by atoms with Gasteiger partial charge in [-0.3, -0.25) is 0 Å². The van der Waals surface area contributed by atoms with E-state index in [2.05, 4.69) is 27.6 Å². The number of carbonyl (C=O) groups is 1. The zero-order chi connectivity index (χ0) is 12.3. The summed E-state index contributed by atoms with van der Waals surface area (Å²) >= 11 is 2.20. The molecule has 2 rings (SSSR count). The number of benzene rings is 1. The summed E-state index contributed by atoms with van der Waals surface area (Å²) < 4.78 is 11.2. The van der Waals surface area contributed by atoms with Gasteiger partial charge in [0.1, 0.15) is 0 Å². The third-order valence-corrected chi connectivity index (χ3v) is 2.79. The normalized spacial score (nSPS) is 10.2. The first-order valence-corrected chi connectivity index (χ1v) is 6.16. The van der Waals surface area contributed by atoms with Gasteiger partial charge in [0.2, 0.25) is 0 Å². The Morgan fingerprint density at radius 2 is 2.35 bits per heavy atom. The maximum atomic E-state index is 11.6. The number of esters is 1. The molecule has 1 aromatic heterocycles. The van der Waals surface area contributed by atoms with E-state index in [1.807, 2.05) is 24.3 Å². The Labute approximate surface area is 112 Å². The molecule has 2 aromatic rings. The maximum Gasteiger partial charge on any atom is 0.360 e. The number of nitrogens with zero attached hydrogens (tertiary/aromatic N) is 1. The van der Waals surface area contributed by atoms with Gasteiger partial charge in [0.05, 0.1) is 6.61 Å². The molecule has 0 atom stereocenters. The molecule has 0 amide bonds. The quantitative estimate of drug-likeness (QED) is 0.635. The van der Waals surface area contributed by atoms with Gasteiger partial charge in [0.15, 0.2) is 17.8 Å². The zero-order valence-electron chi connectivity index (χ0n) is 9.14. The van der Waals surface area contributed by atoms with Gasteiger partial charge >= 0.3 is 5.97 Å². The van der Waals surface area contributed by atoms with Crippen molar-refractivity contribution in [3.8, 4) is 11.3 Å². The highest BCUT2D eigenvalue weighted by molar-refractivity contribution is 14.1. The summed E-state index contributed by atoms with van der Waals surface area (Å²) in [5, 5.41) is 0. The van der Waals surface area contributed by atoms with E-state index >= 15 is 0 Å². The van der Waals surface area contributed by atoms with E-state index in [4.69, 9.17) is 9.15 Å². The predicted octanol–water partition coefficient (Wildman–Crippen LogP) is 3.12. The Hall–Kier alpha value is -1.37. The minimum Gasteiger partial charge on any atom is -0.461 e. The van der Waals surface area contributed by atoms with Crippen LogP contribution in [-0.2, 0) is 4.74 Å². The number of hydrogen-bond donors (Lipinski definition) is 0. The van der Waals surface area contributed by atoms with Crippen LogP contribution in [0, 0.1) is 3.57 Å². The number of rotatable bonds is 3. The lowest BCUT2D eigenvalue weighted by Gasteiger charge is -2.01. The van der Waals surface area contributed by atoms with E-state index in [0.29, 0.717) is 12.4 Å². The van der Waals surface area contributed by atoms with Crippen molar-refractivity contribution in [1.82, 2.24) is 4.98 Å². The molecule has 0 aliphatic carbocycles. The highest BCUT2D eigenvalue weighted by atomic mass is 127. The molecule has 5 heteroatoms. The van der Waals surface area contributed by atoms with E-state index in [-0.39, 0.29) is 5.69 Å². The van der Waals surface area contributed by atoms with E-state index in [1.54, 1.807) is 6.92 Å². The third kappa shape index (κ3) is 2.66. The Bertz CT molecular complexity index is 536. The van der Waals surface area contributed by atoms with Crippen LogP contribution in [0.3, 0.4) is 0 Å². The number of aromatic nitrogens is 1. The molecule has 0 radical (unpaired) electrons. The van der Waals surface area contributed by atoms with Crippen molar-refractivity contribution in [1.29, 1.82) is 0 Å². The standard InChI is InChI=1S/C12H10INO3/c1-2-16-12(15)10-11(17-7-14-10)8-4-3-5-9(13)6-8/h3-7H,2H2,1H3. The number of hydrogen-bond acceptors (Lipinski definition) is 4. The molecule has 0 spiro atoms. The summed E-state index contributed by atoms with van der Waals surface area (Å²) in [4.78, 5) is 15.5. The lowest BCUT2D eigenvalue weighted by molar-refractivity contribution is 0.0520. The van der Waals surface area contributed by atoms with Crippen molar-refractivity contribution in [3.05, 3.63) is 39.9 Å². The van der Waals surface area contributed by atoms with Gasteiger partial charge in [-0.1, -0.05) is 12.1 Å². The van der Waals surface area contributed by atoms with Crippen molar-refractivity contribution in [3.63, 3.8) is 0 Å². The monoisotopic (exact) mass is 343 g/mol. The fourth-order valence-corrected chi connectivity index (χ4v) is 1.97. The summed E-state index contributed by atoms with van der Waals surface area (Å²) in [6.07, 6.45) is 1.25. The Morgan fingerprint density at radius 3 is 3.06 bits per heavy atom. The molecule has 0 aliphatic heterocycles. The molecule has 0 saturated heterocycles.